The zero-order chi connectivity index (χ0) is 12.2. The molecule has 0 spiro atoms. The Labute approximate surface area is 94.1 Å². The largest absolute Gasteiger partial charge is 0.385 e. The van der Waals surface area contributed by atoms with Gasteiger partial charge in [-0.1, -0.05) is 18.2 Å². The number of hydrogen-bond acceptors (Lipinski definition) is 3. The molecule has 5 nitrogen and oxygen atoms in total. The van der Waals surface area contributed by atoms with Crippen LogP contribution < -0.4 is 11.5 Å². The van der Waals surface area contributed by atoms with Gasteiger partial charge in [0.25, 0.3) is 0 Å². The molecule has 16 heavy (non-hydrogen) atoms. The van der Waals surface area contributed by atoms with Crippen molar-refractivity contribution in [3.05, 3.63) is 23.8 Å². The number of methoxy groups -OCH3 is 1. The van der Waals surface area contributed by atoms with E-state index in [1.807, 2.05) is 0 Å². The molecule has 88 valence electrons. The highest BCUT2D eigenvalue weighted by Crippen LogP contribution is 2.34. The van der Waals surface area contributed by atoms with Gasteiger partial charge in [0, 0.05) is 19.3 Å². The van der Waals surface area contributed by atoms with Gasteiger partial charge in [-0.3, -0.25) is 9.59 Å². The molecule has 0 heterocycles. The number of amides is 2. The summed E-state index contributed by atoms with van der Waals surface area (Å²) in [6.45, 7) is 0.402. The monoisotopic (exact) mass is 224 g/mol. The predicted molar refractivity (Wildman–Crippen MR) is 59.2 cm³/mol. The van der Waals surface area contributed by atoms with E-state index >= 15 is 0 Å². The molecule has 0 aromatic rings. The SMILES string of the molecule is COCCC1(C(N)=O)C=CC=C(C(N)=O)C1. The molecule has 1 aliphatic carbocycles. The molecule has 0 aliphatic heterocycles. The van der Waals surface area contributed by atoms with Gasteiger partial charge in [0.1, 0.15) is 0 Å². The van der Waals surface area contributed by atoms with Crippen LogP contribution in [0.5, 0.6) is 0 Å². The summed E-state index contributed by atoms with van der Waals surface area (Å²) >= 11 is 0. The van der Waals surface area contributed by atoms with E-state index in [1.54, 1.807) is 25.3 Å². The van der Waals surface area contributed by atoms with Crippen molar-refractivity contribution in [1.29, 1.82) is 0 Å². The van der Waals surface area contributed by atoms with E-state index in [9.17, 15) is 9.59 Å². The van der Waals surface area contributed by atoms with Crippen molar-refractivity contribution in [1.82, 2.24) is 0 Å². The number of carbonyl (C=O) groups is 2. The Morgan fingerprint density at radius 2 is 2.19 bits per heavy atom. The number of carbonyl (C=O) groups excluding carboxylic acids is 2. The quantitative estimate of drug-likeness (QED) is 0.680. The molecule has 1 rings (SSSR count). The number of primary amides is 2. The molecule has 0 saturated heterocycles. The first kappa shape index (κ1) is 12.4. The van der Waals surface area contributed by atoms with Crippen molar-refractivity contribution in [2.45, 2.75) is 12.8 Å². The molecule has 1 aliphatic rings. The number of rotatable bonds is 5. The van der Waals surface area contributed by atoms with Crippen LogP contribution in [0.25, 0.3) is 0 Å². The Hall–Kier alpha value is -1.62. The predicted octanol–water partition coefficient (Wildman–Crippen LogP) is -0.134. The van der Waals surface area contributed by atoms with E-state index in [0.29, 0.717) is 18.6 Å². The van der Waals surface area contributed by atoms with Gasteiger partial charge in [-0.2, -0.15) is 0 Å². The fourth-order valence-electron chi connectivity index (χ4n) is 1.72. The lowest BCUT2D eigenvalue weighted by molar-refractivity contribution is -0.126. The maximum atomic E-state index is 11.5. The van der Waals surface area contributed by atoms with Gasteiger partial charge in [-0.05, 0) is 12.8 Å². The van der Waals surface area contributed by atoms with Crippen LogP contribution in [0.1, 0.15) is 12.8 Å². The van der Waals surface area contributed by atoms with Crippen LogP contribution in [0.2, 0.25) is 0 Å². The average Bonchev–Trinajstić information content (AvgIpc) is 2.26. The minimum atomic E-state index is -0.852. The minimum Gasteiger partial charge on any atom is -0.385 e. The summed E-state index contributed by atoms with van der Waals surface area (Å²) in [5.41, 5.74) is 10.1. The third kappa shape index (κ3) is 2.49. The summed E-state index contributed by atoms with van der Waals surface area (Å²) in [6, 6.07) is 0. The van der Waals surface area contributed by atoms with E-state index < -0.39 is 17.2 Å². The van der Waals surface area contributed by atoms with Gasteiger partial charge in [0.2, 0.25) is 11.8 Å². The topological polar surface area (TPSA) is 95.4 Å². The summed E-state index contributed by atoms with van der Waals surface area (Å²) < 4.78 is 4.94. The third-order valence-electron chi connectivity index (χ3n) is 2.78. The lowest BCUT2D eigenvalue weighted by Gasteiger charge is -2.29. The normalized spacial score (nSPS) is 23.9. The van der Waals surface area contributed by atoms with Gasteiger partial charge >= 0.3 is 0 Å². The van der Waals surface area contributed by atoms with Crippen LogP contribution in [0.15, 0.2) is 23.8 Å². The van der Waals surface area contributed by atoms with E-state index in [4.69, 9.17) is 16.2 Å². The summed E-state index contributed by atoms with van der Waals surface area (Å²) in [4.78, 5) is 22.6. The highest BCUT2D eigenvalue weighted by Gasteiger charge is 2.36. The molecule has 0 radical (unpaired) electrons. The van der Waals surface area contributed by atoms with Crippen molar-refractivity contribution < 1.29 is 14.3 Å². The van der Waals surface area contributed by atoms with Crippen molar-refractivity contribution in [2.75, 3.05) is 13.7 Å². The molecule has 5 heteroatoms. The molecule has 2 amide bonds. The van der Waals surface area contributed by atoms with Gasteiger partial charge < -0.3 is 16.2 Å². The summed E-state index contributed by atoms with van der Waals surface area (Å²) in [7, 11) is 1.55. The molecule has 0 fully saturated rings. The summed E-state index contributed by atoms with van der Waals surface area (Å²) in [5, 5.41) is 0. The van der Waals surface area contributed by atoms with Gasteiger partial charge in [-0.25, -0.2) is 0 Å². The van der Waals surface area contributed by atoms with Crippen LogP contribution in [-0.2, 0) is 14.3 Å². The third-order valence-corrected chi connectivity index (χ3v) is 2.78. The minimum absolute atomic E-state index is 0.248. The first-order chi connectivity index (χ1) is 7.52. The van der Waals surface area contributed by atoms with Gasteiger partial charge in [0.05, 0.1) is 5.41 Å². The van der Waals surface area contributed by atoms with E-state index in [1.165, 1.54) is 0 Å². The van der Waals surface area contributed by atoms with Crippen LogP contribution in [0.4, 0.5) is 0 Å². The van der Waals surface area contributed by atoms with Crippen LogP contribution in [0, 0.1) is 5.41 Å². The van der Waals surface area contributed by atoms with E-state index in [2.05, 4.69) is 0 Å². The number of nitrogens with two attached hydrogens (primary N) is 2. The molecule has 0 saturated carbocycles. The van der Waals surface area contributed by atoms with Crippen molar-refractivity contribution in [2.24, 2.45) is 16.9 Å². The number of ether oxygens (including phenoxy) is 1. The second-order valence-corrected chi connectivity index (χ2v) is 3.86. The smallest absolute Gasteiger partial charge is 0.244 e. The highest BCUT2D eigenvalue weighted by molar-refractivity contribution is 5.95. The van der Waals surface area contributed by atoms with Crippen LogP contribution >= 0.6 is 0 Å². The highest BCUT2D eigenvalue weighted by atomic mass is 16.5. The van der Waals surface area contributed by atoms with Crippen molar-refractivity contribution >= 4 is 11.8 Å². The zero-order valence-electron chi connectivity index (χ0n) is 9.23. The summed E-state index contributed by atoms with van der Waals surface area (Å²) in [6.07, 6.45) is 5.65. The molecule has 1 atom stereocenters. The molecular weight excluding hydrogens is 208 g/mol. The van der Waals surface area contributed by atoms with Crippen LogP contribution in [-0.4, -0.2) is 25.5 Å². The van der Waals surface area contributed by atoms with Crippen molar-refractivity contribution in [3.8, 4) is 0 Å². The van der Waals surface area contributed by atoms with Gasteiger partial charge in [-0.15, -0.1) is 0 Å². The second-order valence-electron chi connectivity index (χ2n) is 3.86. The zero-order valence-corrected chi connectivity index (χ0v) is 9.23. The maximum absolute atomic E-state index is 11.5. The maximum Gasteiger partial charge on any atom is 0.244 e. The Morgan fingerprint density at radius 1 is 1.50 bits per heavy atom. The molecule has 4 N–H and O–H groups in total. The second kappa shape index (κ2) is 4.94. The average molecular weight is 224 g/mol. The Kier molecular flexibility index (Phi) is 3.84. The molecular formula is C11H16N2O3. The van der Waals surface area contributed by atoms with E-state index in [0.717, 1.165) is 0 Å². The van der Waals surface area contributed by atoms with E-state index in [-0.39, 0.29) is 6.42 Å². The molecule has 0 bridgehead atoms. The van der Waals surface area contributed by atoms with Crippen LogP contribution in [0.3, 0.4) is 0 Å². The molecule has 0 aromatic heterocycles. The number of hydrogen-bond donors (Lipinski definition) is 2. The lowest BCUT2D eigenvalue weighted by Crippen LogP contribution is -2.39. The fourth-order valence-corrected chi connectivity index (χ4v) is 1.72. The molecule has 0 aromatic carbocycles. The first-order valence-corrected chi connectivity index (χ1v) is 4.99. The first-order valence-electron chi connectivity index (χ1n) is 4.99. The lowest BCUT2D eigenvalue weighted by atomic mass is 9.75. The summed E-state index contributed by atoms with van der Waals surface area (Å²) in [5.74, 6) is -0.986. The molecule has 1 unspecified atom stereocenters. The Bertz CT molecular complexity index is 360. The number of allylic oxidation sites excluding steroid dienone is 2. The fraction of sp³-hybridized carbons (Fsp3) is 0.455. The Morgan fingerprint density at radius 3 is 2.69 bits per heavy atom. The standard InChI is InChI=1S/C11H16N2O3/c1-16-6-5-11(10(13)15)4-2-3-8(7-11)9(12)14/h2-4H,5-7H2,1H3,(H2,12,14)(H2,13,15). The Balaban J connectivity index is 2.90. The van der Waals surface area contributed by atoms with Crippen molar-refractivity contribution in [3.63, 3.8) is 0 Å². The van der Waals surface area contributed by atoms with Gasteiger partial charge in [0.15, 0.2) is 0 Å².